The third-order valence-corrected chi connectivity index (χ3v) is 1.82. The number of carbonyl (C=O) groups excluding carboxylic acids is 1. The summed E-state index contributed by atoms with van der Waals surface area (Å²) in [5, 5.41) is 0. The molecule has 3 nitrogen and oxygen atoms in total. The van der Waals surface area contributed by atoms with Gasteiger partial charge in [0, 0.05) is 0 Å². The average Bonchev–Trinajstić information content (AvgIpc) is 2.17. The van der Waals surface area contributed by atoms with E-state index in [0.29, 0.717) is 12.4 Å². The number of hydrogen-bond donors (Lipinski definition) is 0. The molecule has 16 heavy (non-hydrogen) atoms. The molecule has 0 saturated carbocycles. The molecule has 0 saturated heterocycles. The maximum absolute atomic E-state index is 11.6. The van der Waals surface area contributed by atoms with Gasteiger partial charge in [0.1, 0.15) is 5.76 Å². The molecule has 0 N–H and O–H groups in total. The zero-order chi connectivity index (χ0) is 12.8. The molecule has 0 heterocycles. The Morgan fingerprint density at radius 2 is 2.00 bits per heavy atom. The lowest BCUT2D eigenvalue weighted by Crippen LogP contribution is -2.36. The minimum atomic E-state index is -1.02. The van der Waals surface area contributed by atoms with Crippen LogP contribution in [0.4, 0.5) is 0 Å². The van der Waals surface area contributed by atoms with Gasteiger partial charge in [-0.3, -0.25) is 0 Å². The van der Waals surface area contributed by atoms with Gasteiger partial charge in [-0.25, -0.2) is 4.79 Å². The van der Waals surface area contributed by atoms with Crippen LogP contribution in [-0.4, -0.2) is 18.2 Å². The van der Waals surface area contributed by atoms with Crippen molar-refractivity contribution in [3.63, 3.8) is 0 Å². The van der Waals surface area contributed by atoms with Gasteiger partial charge < -0.3 is 9.47 Å². The Morgan fingerprint density at radius 1 is 1.44 bits per heavy atom. The average molecular weight is 224 g/mol. The van der Waals surface area contributed by atoms with Crippen LogP contribution in [0.1, 0.15) is 27.7 Å². The van der Waals surface area contributed by atoms with E-state index in [-0.39, 0.29) is 0 Å². The summed E-state index contributed by atoms with van der Waals surface area (Å²) in [6.45, 7) is 14.6. The molecule has 0 aromatic heterocycles. The first-order chi connectivity index (χ1) is 7.35. The Labute approximate surface area is 97.4 Å². The highest BCUT2D eigenvalue weighted by molar-refractivity contribution is 5.78. The van der Waals surface area contributed by atoms with E-state index in [2.05, 4.69) is 13.2 Å². The van der Waals surface area contributed by atoms with Crippen molar-refractivity contribution in [2.75, 3.05) is 6.61 Å². The molecule has 0 fully saturated rings. The molecule has 0 aliphatic carbocycles. The van der Waals surface area contributed by atoms with Crippen molar-refractivity contribution in [2.24, 2.45) is 0 Å². The number of rotatable bonds is 6. The van der Waals surface area contributed by atoms with Crippen LogP contribution in [-0.2, 0) is 14.3 Å². The molecule has 0 rings (SSSR count). The predicted molar refractivity (Wildman–Crippen MR) is 64.9 cm³/mol. The van der Waals surface area contributed by atoms with Crippen molar-refractivity contribution in [1.82, 2.24) is 0 Å². The van der Waals surface area contributed by atoms with Crippen LogP contribution in [0.25, 0.3) is 0 Å². The second-order valence-corrected chi connectivity index (χ2v) is 3.88. The van der Waals surface area contributed by atoms with E-state index in [1.54, 1.807) is 39.8 Å². The number of esters is 1. The summed E-state index contributed by atoms with van der Waals surface area (Å²) in [4.78, 5) is 11.6. The van der Waals surface area contributed by atoms with Crippen LogP contribution >= 0.6 is 0 Å². The number of ether oxygens (including phenoxy) is 2. The first-order valence-electron chi connectivity index (χ1n) is 5.20. The van der Waals surface area contributed by atoms with Crippen LogP contribution in [0, 0.1) is 0 Å². The van der Waals surface area contributed by atoms with Gasteiger partial charge in [-0.05, 0) is 39.3 Å². The number of carbonyl (C=O) groups is 1. The molecule has 0 aliphatic rings. The van der Waals surface area contributed by atoms with Gasteiger partial charge in [-0.1, -0.05) is 19.2 Å². The van der Waals surface area contributed by atoms with E-state index in [1.165, 1.54) is 0 Å². The first-order valence-corrected chi connectivity index (χ1v) is 5.20. The van der Waals surface area contributed by atoms with Crippen LogP contribution in [0.5, 0.6) is 0 Å². The van der Waals surface area contributed by atoms with Gasteiger partial charge in [0.25, 0.3) is 0 Å². The fraction of sp³-hybridized carbons (Fsp3) is 0.462. The molecular weight excluding hydrogens is 204 g/mol. The highest BCUT2D eigenvalue weighted by Gasteiger charge is 2.32. The zero-order valence-electron chi connectivity index (χ0n) is 10.5. The molecule has 0 aromatic carbocycles. The number of allylic oxidation sites excluding steroid dienone is 3. The monoisotopic (exact) mass is 224 g/mol. The van der Waals surface area contributed by atoms with Crippen molar-refractivity contribution in [3.05, 3.63) is 36.6 Å². The standard InChI is InChI=1S/C13H20O3/c1-7-9-11(10(3)4)16-13(5,6)12(14)15-8-2/h7,9H,1,3,8H2,2,4-6H3/b11-9+. The molecule has 0 aliphatic heterocycles. The Bertz CT molecular complexity index is 311. The molecule has 0 aromatic rings. The Morgan fingerprint density at radius 3 is 2.38 bits per heavy atom. The van der Waals surface area contributed by atoms with Gasteiger partial charge in [0.15, 0.2) is 5.60 Å². The Balaban J connectivity index is 4.79. The normalized spacial score (nSPS) is 11.9. The topological polar surface area (TPSA) is 35.5 Å². The largest absolute Gasteiger partial charge is 0.476 e. The van der Waals surface area contributed by atoms with E-state index in [0.717, 1.165) is 5.57 Å². The van der Waals surface area contributed by atoms with Crippen molar-refractivity contribution in [2.45, 2.75) is 33.3 Å². The maximum Gasteiger partial charge on any atom is 0.349 e. The Kier molecular flexibility index (Phi) is 5.57. The summed E-state index contributed by atoms with van der Waals surface area (Å²) in [5.74, 6) is 0.138. The van der Waals surface area contributed by atoms with Crippen LogP contribution < -0.4 is 0 Å². The lowest BCUT2D eigenvalue weighted by molar-refractivity contribution is -0.163. The van der Waals surface area contributed by atoms with E-state index in [9.17, 15) is 4.79 Å². The predicted octanol–water partition coefficient (Wildman–Crippen LogP) is 2.99. The highest BCUT2D eigenvalue weighted by Crippen LogP contribution is 2.20. The van der Waals surface area contributed by atoms with Crippen molar-refractivity contribution < 1.29 is 14.3 Å². The fourth-order valence-corrected chi connectivity index (χ4v) is 0.992. The van der Waals surface area contributed by atoms with E-state index < -0.39 is 11.6 Å². The number of hydrogen-bond acceptors (Lipinski definition) is 3. The van der Waals surface area contributed by atoms with Crippen LogP contribution in [0.2, 0.25) is 0 Å². The molecular formula is C13H20O3. The second kappa shape index (κ2) is 6.16. The molecule has 0 atom stereocenters. The summed E-state index contributed by atoms with van der Waals surface area (Å²) in [6.07, 6.45) is 3.26. The summed E-state index contributed by atoms with van der Waals surface area (Å²) in [7, 11) is 0. The fourth-order valence-electron chi connectivity index (χ4n) is 0.992. The quantitative estimate of drug-likeness (QED) is 0.395. The third kappa shape index (κ3) is 4.34. The van der Waals surface area contributed by atoms with Gasteiger partial charge in [0.05, 0.1) is 6.61 Å². The van der Waals surface area contributed by atoms with Crippen molar-refractivity contribution in [3.8, 4) is 0 Å². The van der Waals surface area contributed by atoms with Crippen molar-refractivity contribution >= 4 is 5.97 Å². The first kappa shape index (κ1) is 14.5. The summed E-state index contributed by atoms with van der Waals surface area (Å²) in [5.41, 5.74) is -0.290. The molecule has 0 spiro atoms. The van der Waals surface area contributed by atoms with Crippen LogP contribution in [0.15, 0.2) is 36.6 Å². The van der Waals surface area contributed by atoms with Gasteiger partial charge in [0.2, 0.25) is 0 Å². The highest BCUT2D eigenvalue weighted by atomic mass is 16.6. The lowest BCUT2D eigenvalue weighted by atomic mass is 10.1. The molecule has 0 amide bonds. The van der Waals surface area contributed by atoms with E-state index in [1.807, 2.05) is 0 Å². The van der Waals surface area contributed by atoms with Crippen molar-refractivity contribution in [1.29, 1.82) is 0 Å². The second-order valence-electron chi connectivity index (χ2n) is 3.88. The third-order valence-electron chi connectivity index (χ3n) is 1.82. The lowest BCUT2D eigenvalue weighted by Gasteiger charge is -2.25. The van der Waals surface area contributed by atoms with E-state index >= 15 is 0 Å². The van der Waals surface area contributed by atoms with Gasteiger partial charge >= 0.3 is 5.97 Å². The summed E-state index contributed by atoms with van der Waals surface area (Å²) >= 11 is 0. The van der Waals surface area contributed by atoms with Gasteiger partial charge in [-0.2, -0.15) is 0 Å². The molecule has 90 valence electrons. The maximum atomic E-state index is 11.6. The molecule has 3 heteroatoms. The van der Waals surface area contributed by atoms with Crippen LogP contribution in [0.3, 0.4) is 0 Å². The molecule has 0 bridgehead atoms. The van der Waals surface area contributed by atoms with Gasteiger partial charge in [-0.15, -0.1) is 0 Å². The SMILES string of the molecule is C=C/C=C(/OC(C)(C)C(=O)OCC)C(=C)C. The minimum absolute atomic E-state index is 0.333. The zero-order valence-corrected chi connectivity index (χ0v) is 10.5. The minimum Gasteiger partial charge on any atom is -0.476 e. The molecule has 0 radical (unpaired) electrons. The summed E-state index contributed by atoms with van der Waals surface area (Å²) in [6, 6.07) is 0. The Hall–Kier alpha value is -1.51. The summed E-state index contributed by atoms with van der Waals surface area (Å²) < 4.78 is 10.5. The smallest absolute Gasteiger partial charge is 0.349 e. The molecule has 0 unspecified atom stereocenters. The van der Waals surface area contributed by atoms with E-state index in [4.69, 9.17) is 9.47 Å².